The lowest BCUT2D eigenvalue weighted by Crippen LogP contribution is -2.20. The molecule has 0 aliphatic carbocycles. The number of nitrogens with zero attached hydrogens (tertiary/aromatic N) is 1. The van der Waals surface area contributed by atoms with Crippen LogP contribution in [0.4, 0.5) is 5.69 Å². The Kier molecular flexibility index (Phi) is 5.80. The number of rotatable bonds is 7. The van der Waals surface area contributed by atoms with E-state index in [1.165, 1.54) is 0 Å². The summed E-state index contributed by atoms with van der Waals surface area (Å²) in [4.78, 5) is 2.23. The number of nitrogens with two attached hydrogens (primary N) is 1. The van der Waals surface area contributed by atoms with E-state index >= 15 is 0 Å². The van der Waals surface area contributed by atoms with Gasteiger partial charge in [-0.05, 0) is 31.7 Å². The van der Waals surface area contributed by atoms with Crippen molar-refractivity contribution in [3.8, 4) is 5.75 Å². The fourth-order valence-electron chi connectivity index (χ4n) is 1.77. The van der Waals surface area contributed by atoms with Crippen molar-refractivity contribution < 1.29 is 9.47 Å². The van der Waals surface area contributed by atoms with Crippen LogP contribution < -0.4 is 10.5 Å². The number of methoxy groups -OCH3 is 2. The Labute approximate surface area is 103 Å². The Hall–Kier alpha value is -1.26. The van der Waals surface area contributed by atoms with Gasteiger partial charge in [-0.2, -0.15) is 0 Å². The second kappa shape index (κ2) is 7.14. The Bertz CT molecular complexity index is 342. The summed E-state index contributed by atoms with van der Waals surface area (Å²) in [5.41, 5.74) is 7.67. The van der Waals surface area contributed by atoms with Crippen LogP contribution in [0.25, 0.3) is 0 Å². The molecule has 4 nitrogen and oxygen atoms in total. The van der Waals surface area contributed by atoms with Crippen LogP contribution in [0.5, 0.6) is 5.75 Å². The second-order valence-electron chi connectivity index (χ2n) is 4.16. The summed E-state index contributed by atoms with van der Waals surface area (Å²) in [5.74, 6) is 0.887. The average Bonchev–Trinajstić information content (AvgIpc) is 2.29. The minimum atomic E-state index is 0.770. The van der Waals surface area contributed by atoms with E-state index in [2.05, 4.69) is 11.9 Å². The summed E-state index contributed by atoms with van der Waals surface area (Å²) in [5, 5.41) is 0. The molecule has 17 heavy (non-hydrogen) atoms. The first-order valence-corrected chi connectivity index (χ1v) is 5.77. The standard InChI is InChI=1S/C13H22N2O2/c1-15(7-4-8-16-2)10-11-9-12(14)5-6-13(11)17-3/h5-6,9H,4,7-8,10,14H2,1-3H3. The molecule has 4 heteroatoms. The van der Waals surface area contributed by atoms with Gasteiger partial charge in [-0.15, -0.1) is 0 Å². The lowest BCUT2D eigenvalue weighted by molar-refractivity contribution is 0.178. The minimum Gasteiger partial charge on any atom is -0.496 e. The van der Waals surface area contributed by atoms with Gasteiger partial charge >= 0.3 is 0 Å². The first-order chi connectivity index (χ1) is 8.17. The lowest BCUT2D eigenvalue weighted by atomic mass is 10.1. The molecule has 0 spiro atoms. The molecule has 0 saturated heterocycles. The van der Waals surface area contributed by atoms with Crippen LogP contribution in [0, 0.1) is 0 Å². The molecule has 0 aromatic heterocycles. The maximum absolute atomic E-state index is 5.79. The van der Waals surface area contributed by atoms with Crippen molar-refractivity contribution in [2.24, 2.45) is 0 Å². The molecule has 2 N–H and O–H groups in total. The topological polar surface area (TPSA) is 47.7 Å². The van der Waals surface area contributed by atoms with E-state index in [1.54, 1.807) is 14.2 Å². The molecule has 0 aliphatic heterocycles. The third kappa shape index (κ3) is 4.63. The molecule has 0 fully saturated rings. The fraction of sp³-hybridized carbons (Fsp3) is 0.538. The third-order valence-corrected chi connectivity index (χ3v) is 2.63. The first kappa shape index (κ1) is 13.8. The predicted octanol–water partition coefficient (Wildman–Crippen LogP) is 1.75. The van der Waals surface area contributed by atoms with Crippen LogP contribution in [0.1, 0.15) is 12.0 Å². The SMILES string of the molecule is COCCCN(C)Cc1cc(N)ccc1OC. The molecule has 96 valence electrons. The van der Waals surface area contributed by atoms with Gasteiger partial charge in [0.05, 0.1) is 7.11 Å². The van der Waals surface area contributed by atoms with Crippen LogP contribution in [0.15, 0.2) is 18.2 Å². The van der Waals surface area contributed by atoms with Gasteiger partial charge in [-0.25, -0.2) is 0 Å². The van der Waals surface area contributed by atoms with Crippen molar-refractivity contribution in [2.75, 3.05) is 40.2 Å². The predicted molar refractivity (Wildman–Crippen MR) is 70.2 cm³/mol. The molecule has 0 amide bonds. The van der Waals surface area contributed by atoms with Gasteiger partial charge in [0.25, 0.3) is 0 Å². The smallest absolute Gasteiger partial charge is 0.123 e. The molecule has 1 rings (SSSR count). The van der Waals surface area contributed by atoms with E-state index in [4.69, 9.17) is 15.2 Å². The van der Waals surface area contributed by atoms with Gasteiger partial charge in [0.1, 0.15) is 5.75 Å². The van der Waals surface area contributed by atoms with Crippen LogP contribution >= 0.6 is 0 Å². The molecule has 0 saturated carbocycles. The molecule has 0 aliphatic rings. The van der Waals surface area contributed by atoms with Crippen molar-refractivity contribution in [1.29, 1.82) is 0 Å². The van der Waals surface area contributed by atoms with E-state index in [0.717, 1.165) is 43.1 Å². The maximum atomic E-state index is 5.79. The molecule has 0 radical (unpaired) electrons. The Morgan fingerprint density at radius 3 is 2.71 bits per heavy atom. The van der Waals surface area contributed by atoms with Crippen LogP contribution in [-0.2, 0) is 11.3 Å². The highest BCUT2D eigenvalue weighted by molar-refractivity contribution is 5.47. The molecular formula is C13H22N2O2. The molecule has 1 aromatic rings. The van der Waals surface area contributed by atoms with Gasteiger partial charge in [0.2, 0.25) is 0 Å². The van der Waals surface area contributed by atoms with Crippen molar-refractivity contribution in [3.05, 3.63) is 23.8 Å². The first-order valence-electron chi connectivity index (χ1n) is 5.77. The Balaban J connectivity index is 2.57. The number of anilines is 1. The van der Waals surface area contributed by atoms with Gasteiger partial charge in [0, 0.05) is 38.1 Å². The summed E-state index contributed by atoms with van der Waals surface area (Å²) in [6.07, 6.45) is 1.03. The Morgan fingerprint density at radius 2 is 2.06 bits per heavy atom. The molecule has 1 aromatic carbocycles. The minimum absolute atomic E-state index is 0.770. The molecule has 0 atom stereocenters. The average molecular weight is 238 g/mol. The molecule has 0 unspecified atom stereocenters. The van der Waals surface area contributed by atoms with Crippen molar-refractivity contribution in [3.63, 3.8) is 0 Å². The highest BCUT2D eigenvalue weighted by Crippen LogP contribution is 2.22. The van der Waals surface area contributed by atoms with Crippen molar-refractivity contribution >= 4 is 5.69 Å². The maximum Gasteiger partial charge on any atom is 0.123 e. The summed E-state index contributed by atoms with van der Waals surface area (Å²) >= 11 is 0. The zero-order chi connectivity index (χ0) is 12.7. The van der Waals surface area contributed by atoms with Crippen LogP contribution in [0.2, 0.25) is 0 Å². The zero-order valence-corrected chi connectivity index (χ0v) is 10.9. The highest BCUT2D eigenvalue weighted by atomic mass is 16.5. The van der Waals surface area contributed by atoms with Crippen molar-refractivity contribution in [2.45, 2.75) is 13.0 Å². The molecule has 0 bridgehead atoms. The second-order valence-corrected chi connectivity index (χ2v) is 4.16. The quantitative estimate of drug-likeness (QED) is 0.580. The highest BCUT2D eigenvalue weighted by Gasteiger charge is 2.06. The van der Waals surface area contributed by atoms with Crippen LogP contribution in [0.3, 0.4) is 0 Å². The monoisotopic (exact) mass is 238 g/mol. The van der Waals surface area contributed by atoms with E-state index in [0.29, 0.717) is 0 Å². The summed E-state index contributed by atoms with van der Waals surface area (Å²) in [7, 11) is 5.49. The number of benzene rings is 1. The normalized spacial score (nSPS) is 10.8. The van der Waals surface area contributed by atoms with Crippen LogP contribution in [-0.4, -0.2) is 39.3 Å². The largest absolute Gasteiger partial charge is 0.496 e. The molecular weight excluding hydrogens is 216 g/mol. The van der Waals surface area contributed by atoms with E-state index in [1.807, 2.05) is 18.2 Å². The number of ether oxygens (including phenoxy) is 2. The van der Waals surface area contributed by atoms with Gasteiger partial charge in [0.15, 0.2) is 0 Å². The van der Waals surface area contributed by atoms with Gasteiger partial charge in [-0.3, -0.25) is 0 Å². The number of hydrogen-bond acceptors (Lipinski definition) is 4. The lowest BCUT2D eigenvalue weighted by Gasteiger charge is -2.18. The summed E-state index contributed by atoms with van der Waals surface area (Å²) in [6.45, 7) is 2.61. The third-order valence-electron chi connectivity index (χ3n) is 2.63. The van der Waals surface area contributed by atoms with E-state index in [9.17, 15) is 0 Å². The number of nitrogen functional groups attached to an aromatic ring is 1. The van der Waals surface area contributed by atoms with E-state index in [-0.39, 0.29) is 0 Å². The Morgan fingerprint density at radius 1 is 1.29 bits per heavy atom. The number of hydrogen-bond donors (Lipinski definition) is 1. The van der Waals surface area contributed by atoms with Gasteiger partial charge in [-0.1, -0.05) is 0 Å². The van der Waals surface area contributed by atoms with Gasteiger partial charge < -0.3 is 20.1 Å². The van der Waals surface area contributed by atoms with Crippen molar-refractivity contribution in [1.82, 2.24) is 4.90 Å². The molecule has 0 heterocycles. The summed E-state index contributed by atoms with van der Waals surface area (Å²) < 4.78 is 10.4. The summed E-state index contributed by atoms with van der Waals surface area (Å²) in [6, 6.07) is 5.73. The van der Waals surface area contributed by atoms with E-state index < -0.39 is 0 Å². The fourth-order valence-corrected chi connectivity index (χ4v) is 1.77. The zero-order valence-electron chi connectivity index (χ0n) is 10.9.